The minimum absolute atomic E-state index is 0.0170. The first-order valence-electron chi connectivity index (χ1n) is 7.91. The molecule has 0 saturated carbocycles. The maximum absolute atomic E-state index is 14.5. The molecule has 2 rings (SSSR count). The van der Waals surface area contributed by atoms with Crippen LogP contribution in [-0.2, 0) is 31.7 Å². The van der Waals surface area contributed by atoms with E-state index in [1.807, 2.05) is 0 Å². The third-order valence-corrected chi connectivity index (χ3v) is 6.06. The number of nitrogens with zero attached hydrogens (tertiary/aromatic N) is 1. The first kappa shape index (κ1) is 19.7. The second-order valence-corrected chi connectivity index (χ2v) is 8.63. The highest BCUT2D eigenvalue weighted by molar-refractivity contribution is 7.89. The molecule has 0 radical (unpaired) electrons. The fourth-order valence-electron chi connectivity index (χ4n) is 2.71. The molecule has 0 atom stereocenters. The number of ether oxygens (including phenoxy) is 1. The van der Waals surface area contributed by atoms with E-state index in [4.69, 9.17) is 10.5 Å². The Morgan fingerprint density at radius 2 is 1.96 bits per heavy atom. The van der Waals surface area contributed by atoms with Gasteiger partial charge in [-0.05, 0) is 38.8 Å². The predicted octanol–water partition coefficient (Wildman–Crippen LogP) is 1.63. The minimum Gasteiger partial charge on any atom is -0.368 e. The lowest BCUT2D eigenvalue weighted by molar-refractivity contribution is -0.128. The Morgan fingerprint density at radius 3 is 2.56 bits per heavy atom. The van der Waals surface area contributed by atoms with Gasteiger partial charge in [0, 0.05) is 24.2 Å². The van der Waals surface area contributed by atoms with Crippen LogP contribution in [0.4, 0.5) is 8.78 Å². The summed E-state index contributed by atoms with van der Waals surface area (Å²) < 4.78 is 59.3. The lowest BCUT2D eigenvalue weighted by atomic mass is 9.95. The SMILES string of the molecule is CC(C)(OCC(N)=O)c1cc(F)c(CN2CCCCS2(=O)=O)cc1F. The van der Waals surface area contributed by atoms with Gasteiger partial charge in [-0.25, -0.2) is 17.2 Å². The lowest BCUT2D eigenvalue weighted by Gasteiger charge is -2.28. The van der Waals surface area contributed by atoms with Crippen LogP contribution in [-0.4, -0.2) is 37.5 Å². The zero-order valence-electron chi connectivity index (χ0n) is 14.2. The summed E-state index contributed by atoms with van der Waals surface area (Å²) in [7, 11) is -3.44. The quantitative estimate of drug-likeness (QED) is 0.817. The van der Waals surface area contributed by atoms with Gasteiger partial charge in [-0.3, -0.25) is 4.79 Å². The second kappa shape index (κ2) is 7.35. The fourth-order valence-corrected chi connectivity index (χ4v) is 4.28. The Labute approximate surface area is 146 Å². The highest BCUT2D eigenvalue weighted by Crippen LogP contribution is 2.30. The molecule has 9 heteroatoms. The summed E-state index contributed by atoms with van der Waals surface area (Å²) in [5, 5.41) is 0. The Morgan fingerprint density at radius 1 is 1.28 bits per heavy atom. The highest BCUT2D eigenvalue weighted by Gasteiger charge is 2.30. The Bertz CT molecular complexity index is 766. The normalized spacial score (nSPS) is 18.2. The van der Waals surface area contributed by atoms with Crippen LogP contribution in [0.15, 0.2) is 12.1 Å². The molecular formula is C16H22F2N2O4S. The monoisotopic (exact) mass is 376 g/mol. The maximum atomic E-state index is 14.5. The molecule has 25 heavy (non-hydrogen) atoms. The average molecular weight is 376 g/mol. The standard InChI is InChI=1S/C16H22F2N2O4S/c1-16(2,24-10-15(19)21)12-8-13(17)11(7-14(12)18)9-20-5-3-4-6-25(20,22)23/h7-8H,3-6,9-10H2,1-2H3,(H2,19,21). The van der Waals surface area contributed by atoms with Gasteiger partial charge in [0.2, 0.25) is 15.9 Å². The van der Waals surface area contributed by atoms with Gasteiger partial charge in [0.05, 0.1) is 11.4 Å². The van der Waals surface area contributed by atoms with Crippen molar-refractivity contribution in [2.24, 2.45) is 5.73 Å². The molecule has 1 aromatic rings. The van der Waals surface area contributed by atoms with Crippen LogP contribution in [0.5, 0.6) is 0 Å². The average Bonchev–Trinajstić information content (AvgIpc) is 2.50. The number of halogens is 2. The van der Waals surface area contributed by atoms with E-state index in [1.54, 1.807) is 0 Å². The van der Waals surface area contributed by atoms with E-state index in [9.17, 15) is 22.0 Å². The van der Waals surface area contributed by atoms with E-state index in [2.05, 4.69) is 0 Å². The first-order valence-corrected chi connectivity index (χ1v) is 9.52. The van der Waals surface area contributed by atoms with Crippen LogP contribution in [0.3, 0.4) is 0 Å². The number of carbonyl (C=O) groups is 1. The molecule has 0 aliphatic carbocycles. The molecule has 0 spiro atoms. The number of amides is 1. The van der Waals surface area contributed by atoms with Crippen molar-refractivity contribution in [3.63, 3.8) is 0 Å². The smallest absolute Gasteiger partial charge is 0.243 e. The van der Waals surface area contributed by atoms with Crippen LogP contribution in [0.2, 0.25) is 0 Å². The third-order valence-electron chi connectivity index (χ3n) is 4.16. The number of sulfonamides is 1. The minimum atomic E-state index is -3.44. The Hall–Kier alpha value is -1.58. The molecule has 1 aliphatic rings. The van der Waals surface area contributed by atoms with Crippen molar-refractivity contribution in [3.05, 3.63) is 34.9 Å². The fraction of sp³-hybridized carbons (Fsp3) is 0.562. The van der Waals surface area contributed by atoms with Crippen LogP contribution < -0.4 is 5.73 Å². The largest absolute Gasteiger partial charge is 0.368 e. The summed E-state index contributed by atoms with van der Waals surface area (Å²) in [6.07, 6.45) is 1.26. The second-order valence-electron chi connectivity index (χ2n) is 6.55. The Kier molecular flexibility index (Phi) is 5.80. The molecular weight excluding hydrogens is 354 g/mol. The number of rotatable bonds is 6. The van der Waals surface area contributed by atoms with Crippen molar-refractivity contribution < 1.29 is 26.7 Å². The van der Waals surface area contributed by atoms with E-state index in [1.165, 1.54) is 18.2 Å². The van der Waals surface area contributed by atoms with Crippen molar-refractivity contribution in [1.29, 1.82) is 0 Å². The Balaban J connectivity index is 2.26. The van der Waals surface area contributed by atoms with Gasteiger partial charge in [0.15, 0.2) is 0 Å². The number of primary amides is 1. The van der Waals surface area contributed by atoms with Crippen molar-refractivity contribution in [1.82, 2.24) is 4.31 Å². The van der Waals surface area contributed by atoms with E-state index in [0.29, 0.717) is 19.4 Å². The van der Waals surface area contributed by atoms with E-state index in [-0.39, 0.29) is 23.4 Å². The van der Waals surface area contributed by atoms with Crippen LogP contribution in [0, 0.1) is 11.6 Å². The summed E-state index contributed by atoms with van der Waals surface area (Å²) in [5.74, 6) is -2.17. The van der Waals surface area contributed by atoms with Crippen LogP contribution in [0.1, 0.15) is 37.8 Å². The van der Waals surface area contributed by atoms with Gasteiger partial charge in [0.25, 0.3) is 0 Å². The number of hydrogen-bond acceptors (Lipinski definition) is 4. The molecule has 1 fully saturated rings. The molecule has 6 nitrogen and oxygen atoms in total. The summed E-state index contributed by atoms with van der Waals surface area (Å²) in [4.78, 5) is 10.8. The number of benzene rings is 1. The summed E-state index contributed by atoms with van der Waals surface area (Å²) in [6.45, 7) is 2.62. The van der Waals surface area contributed by atoms with Gasteiger partial charge >= 0.3 is 0 Å². The topological polar surface area (TPSA) is 89.7 Å². The molecule has 1 aromatic carbocycles. The van der Waals surface area contributed by atoms with Crippen molar-refractivity contribution in [2.45, 2.75) is 38.8 Å². The molecule has 1 heterocycles. The van der Waals surface area contributed by atoms with Gasteiger partial charge < -0.3 is 10.5 Å². The summed E-state index contributed by atoms with van der Waals surface area (Å²) in [5.41, 5.74) is 3.62. The number of nitrogens with two attached hydrogens (primary N) is 1. The molecule has 1 amide bonds. The molecule has 2 N–H and O–H groups in total. The van der Waals surface area contributed by atoms with Crippen LogP contribution >= 0.6 is 0 Å². The van der Waals surface area contributed by atoms with Gasteiger partial charge in [-0.1, -0.05) is 0 Å². The lowest BCUT2D eigenvalue weighted by Crippen LogP contribution is -2.37. The number of hydrogen-bond donors (Lipinski definition) is 1. The van der Waals surface area contributed by atoms with E-state index in [0.717, 1.165) is 12.1 Å². The zero-order valence-corrected chi connectivity index (χ0v) is 15.0. The predicted molar refractivity (Wildman–Crippen MR) is 88.0 cm³/mol. The third kappa shape index (κ3) is 4.74. The van der Waals surface area contributed by atoms with Crippen molar-refractivity contribution in [2.75, 3.05) is 18.9 Å². The van der Waals surface area contributed by atoms with Crippen LogP contribution in [0.25, 0.3) is 0 Å². The van der Waals surface area contributed by atoms with E-state index < -0.39 is 39.8 Å². The highest BCUT2D eigenvalue weighted by atomic mass is 32.2. The molecule has 1 aliphatic heterocycles. The van der Waals surface area contributed by atoms with Gasteiger partial charge in [-0.15, -0.1) is 0 Å². The van der Waals surface area contributed by atoms with Gasteiger partial charge in [0.1, 0.15) is 18.2 Å². The molecule has 0 bridgehead atoms. The summed E-state index contributed by atoms with van der Waals surface area (Å²) >= 11 is 0. The van der Waals surface area contributed by atoms with E-state index >= 15 is 0 Å². The number of carbonyl (C=O) groups excluding carboxylic acids is 1. The van der Waals surface area contributed by atoms with Crippen molar-refractivity contribution in [3.8, 4) is 0 Å². The maximum Gasteiger partial charge on any atom is 0.243 e. The molecule has 0 unspecified atom stereocenters. The first-order chi connectivity index (χ1) is 11.5. The van der Waals surface area contributed by atoms with Gasteiger partial charge in [-0.2, -0.15) is 4.31 Å². The zero-order chi connectivity index (χ0) is 18.8. The molecule has 140 valence electrons. The van der Waals surface area contributed by atoms with Crippen molar-refractivity contribution >= 4 is 15.9 Å². The molecule has 0 aromatic heterocycles. The molecule has 1 saturated heterocycles. The summed E-state index contributed by atoms with van der Waals surface area (Å²) in [6, 6.07) is 1.95.